The second-order valence-electron chi connectivity index (χ2n) is 3.86. The third-order valence-electron chi connectivity index (χ3n) is 2.71. The van der Waals surface area contributed by atoms with Gasteiger partial charge in [-0.1, -0.05) is 5.16 Å². The number of aromatic nitrogens is 1. The van der Waals surface area contributed by atoms with Crippen LogP contribution in [0.15, 0.2) is 22.7 Å². The number of aromatic carboxylic acids is 1. The molecule has 1 N–H and O–H groups in total. The molecule has 4 heteroatoms. The van der Waals surface area contributed by atoms with E-state index in [-0.39, 0.29) is 5.56 Å². The van der Waals surface area contributed by atoms with E-state index in [0.717, 1.165) is 23.9 Å². The first-order valence-corrected chi connectivity index (χ1v) is 4.88. The van der Waals surface area contributed by atoms with Crippen molar-refractivity contribution in [2.45, 2.75) is 18.8 Å². The second kappa shape index (κ2) is 2.82. The van der Waals surface area contributed by atoms with Gasteiger partial charge in [0.15, 0.2) is 5.58 Å². The molecule has 4 nitrogen and oxygen atoms in total. The molecule has 0 unspecified atom stereocenters. The molecular weight excluding hydrogens is 194 g/mol. The summed E-state index contributed by atoms with van der Waals surface area (Å²) in [5.41, 5.74) is 1.78. The van der Waals surface area contributed by atoms with E-state index < -0.39 is 5.97 Å². The lowest BCUT2D eigenvalue weighted by molar-refractivity contribution is 0.0697. The number of carbonyl (C=O) groups is 1. The van der Waals surface area contributed by atoms with Crippen molar-refractivity contribution >= 4 is 16.9 Å². The van der Waals surface area contributed by atoms with Crippen LogP contribution in [0, 0.1) is 0 Å². The van der Waals surface area contributed by atoms with Gasteiger partial charge in [0, 0.05) is 11.3 Å². The van der Waals surface area contributed by atoms with Crippen LogP contribution in [-0.2, 0) is 0 Å². The van der Waals surface area contributed by atoms with Crippen LogP contribution in [0.5, 0.6) is 0 Å². The Hall–Kier alpha value is -1.84. The Kier molecular flexibility index (Phi) is 1.59. The van der Waals surface area contributed by atoms with Crippen LogP contribution >= 0.6 is 0 Å². The predicted molar refractivity (Wildman–Crippen MR) is 52.9 cm³/mol. The molecule has 1 fully saturated rings. The van der Waals surface area contributed by atoms with Crippen LogP contribution in [0.3, 0.4) is 0 Å². The lowest BCUT2D eigenvalue weighted by atomic mass is 10.1. The van der Waals surface area contributed by atoms with Gasteiger partial charge in [-0.15, -0.1) is 0 Å². The smallest absolute Gasteiger partial charge is 0.335 e. The van der Waals surface area contributed by atoms with E-state index in [4.69, 9.17) is 9.63 Å². The molecule has 15 heavy (non-hydrogen) atoms. The molecule has 0 bridgehead atoms. The molecule has 2 aromatic rings. The zero-order chi connectivity index (χ0) is 10.4. The predicted octanol–water partition coefficient (Wildman–Crippen LogP) is 2.40. The Morgan fingerprint density at radius 2 is 2.27 bits per heavy atom. The van der Waals surface area contributed by atoms with Crippen LogP contribution in [0.1, 0.15) is 34.8 Å². The molecule has 0 atom stereocenters. The number of carboxylic acids is 1. The van der Waals surface area contributed by atoms with E-state index in [1.54, 1.807) is 12.1 Å². The molecule has 0 aliphatic heterocycles. The summed E-state index contributed by atoms with van der Waals surface area (Å²) in [7, 11) is 0. The Labute approximate surface area is 85.5 Å². The van der Waals surface area contributed by atoms with Gasteiger partial charge in [0.2, 0.25) is 0 Å². The van der Waals surface area contributed by atoms with Crippen molar-refractivity contribution in [1.82, 2.24) is 5.16 Å². The topological polar surface area (TPSA) is 63.3 Å². The quantitative estimate of drug-likeness (QED) is 0.813. The molecule has 3 rings (SSSR count). The Balaban J connectivity index is 2.17. The van der Waals surface area contributed by atoms with E-state index >= 15 is 0 Å². The van der Waals surface area contributed by atoms with Crippen LogP contribution < -0.4 is 0 Å². The van der Waals surface area contributed by atoms with Gasteiger partial charge < -0.3 is 9.63 Å². The fourth-order valence-corrected chi connectivity index (χ4v) is 1.74. The zero-order valence-electron chi connectivity index (χ0n) is 7.93. The monoisotopic (exact) mass is 203 g/mol. The highest BCUT2D eigenvalue weighted by atomic mass is 16.5. The average Bonchev–Trinajstić information content (AvgIpc) is 2.98. The second-order valence-corrected chi connectivity index (χ2v) is 3.86. The molecule has 0 spiro atoms. The summed E-state index contributed by atoms with van der Waals surface area (Å²) in [6, 6.07) is 4.90. The number of hydrogen-bond donors (Lipinski definition) is 1. The first-order chi connectivity index (χ1) is 7.25. The maximum Gasteiger partial charge on any atom is 0.335 e. The first-order valence-electron chi connectivity index (χ1n) is 4.88. The Bertz CT molecular complexity index is 540. The van der Waals surface area contributed by atoms with E-state index in [1.807, 2.05) is 0 Å². The van der Waals surface area contributed by atoms with Gasteiger partial charge in [-0.25, -0.2) is 4.79 Å². The summed E-state index contributed by atoms with van der Waals surface area (Å²) in [4.78, 5) is 10.7. The fourth-order valence-electron chi connectivity index (χ4n) is 1.74. The minimum absolute atomic E-state index is 0.237. The van der Waals surface area contributed by atoms with Crippen LogP contribution in [0.25, 0.3) is 11.0 Å². The molecule has 0 saturated heterocycles. The van der Waals surface area contributed by atoms with Gasteiger partial charge in [0.1, 0.15) is 0 Å². The van der Waals surface area contributed by atoms with E-state index in [2.05, 4.69) is 5.16 Å². The number of carboxylic acid groups (broad SMARTS) is 1. The highest BCUT2D eigenvalue weighted by Crippen LogP contribution is 2.42. The van der Waals surface area contributed by atoms with Gasteiger partial charge in [-0.3, -0.25) is 0 Å². The van der Waals surface area contributed by atoms with Crippen molar-refractivity contribution in [1.29, 1.82) is 0 Å². The van der Waals surface area contributed by atoms with Crippen LogP contribution in [0.4, 0.5) is 0 Å². The summed E-state index contributed by atoms with van der Waals surface area (Å²) in [5.74, 6) is -0.428. The maximum absolute atomic E-state index is 10.7. The van der Waals surface area contributed by atoms with Gasteiger partial charge in [-0.05, 0) is 31.0 Å². The van der Waals surface area contributed by atoms with Gasteiger partial charge >= 0.3 is 5.97 Å². The Morgan fingerprint density at radius 1 is 1.47 bits per heavy atom. The molecule has 1 aliphatic rings. The molecule has 1 saturated carbocycles. The Morgan fingerprint density at radius 3 is 2.93 bits per heavy atom. The standard InChI is InChI=1S/C11H9NO3/c13-11(14)7-3-4-8-9(5-7)15-12-10(8)6-1-2-6/h3-6H,1-2H2,(H,13,14). The average molecular weight is 203 g/mol. The largest absolute Gasteiger partial charge is 0.478 e. The summed E-state index contributed by atoms with van der Waals surface area (Å²) in [5, 5.41) is 13.7. The number of fused-ring (bicyclic) bond motifs is 1. The summed E-state index contributed by atoms with van der Waals surface area (Å²) in [6.07, 6.45) is 2.31. The maximum atomic E-state index is 10.7. The van der Waals surface area contributed by atoms with E-state index in [0.29, 0.717) is 11.5 Å². The van der Waals surface area contributed by atoms with Crippen molar-refractivity contribution in [3.63, 3.8) is 0 Å². The molecule has 76 valence electrons. The number of rotatable bonds is 2. The van der Waals surface area contributed by atoms with Crippen LogP contribution in [0.2, 0.25) is 0 Å². The first kappa shape index (κ1) is 8.47. The number of benzene rings is 1. The van der Waals surface area contributed by atoms with Crippen LogP contribution in [-0.4, -0.2) is 16.2 Å². The van der Waals surface area contributed by atoms with Gasteiger partial charge in [0.05, 0.1) is 11.3 Å². The summed E-state index contributed by atoms with van der Waals surface area (Å²) in [6.45, 7) is 0. The zero-order valence-corrected chi connectivity index (χ0v) is 7.93. The SMILES string of the molecule is O=C(O)c1ccc2c(C3CC3)noc2c1. The van der Waals surface area contributed by atoms with Crippen molar-refractivity contribution < 1.29 is 14.4 Å². The molecule has 1 aromatic heterocycles. The highest BCUT2D eigenvalue weighted by Gasteiger charge is 2.29. The molecule has 0 radical (unpaired) electrons. The summed E-state index contributed by atoms with van der Waals surface area (Å²) < 4.78 is 5.13. The van der Waals surface area contributed by atoms with Crippen molar-refractivity contribution in [2.24, 2.45) is 0 Å². The van der Waals surface area contributed by atoms with Crippen molar-refractivity contribution in [3.05, 3.63) is 29.5 Å². The molecule has 1 aromatic carbocycles. The third kappa shape index (κ3) is 1.29. The minimum atomic E-state index is -0.943. The number of hydrogen-bond acceptors (Lipinski definition) is 3. The fraction of sp³-hybridized carbons (Fsp3) is 0.273. The van der Waals surface area contributed by atoms with Gasteiger partial charge in [-0.2, -0.15) is 0 Å². The molecule has 1 heterocycles. The molecular formula is C11H9NO3. The third-order valence-corrected chi connectivity index (χ3v) is 2.71. The molecule has 0 amide bonds. The lowest BCUT2D eigenvalue weighted by Crippen LogP contribution is -1.94. The lowest BCUT2D eigenvalue weighted by Gasteiger charge is -1.93. The van der Waals surface area contributed by atoms with Gasteiger partial charge in [0.25, 0.3) is 0 Å². The minimum Gasteiger partial charge on any atom is -0.478 e. The molecule has 1 aliphatic carbocycles. The highest BCUT2D eigenvalue weighted by molar-refractivity contribution is 5.93. The summed E-state index contributed by atoms with van der Waals surface area (Å²) >= 11 is 0. The van der Waals surface area contributed by atoms with Crippen molar-refractivity contribution in [3.8, 4) is 0 Å². The van der Waals surface area contributed by atoms with Crippen molar-refractivity contribution in [2.75, 3.05) is 0 Å². The van der Waals surface area contributed by atoms with E-state index in [9.17, 15) is 4.79 Å². The normalized spacial score (nSPS) is 15.7. The number of nitrogens with zero attached hydrogens (tertiary/aromatic N) is 1. The van der Waals surface area contributed by atoms with E-state index in [1.165, 1.54) is 6.07 Å².